The van der Waals surface area contributed by atoms with Gasteiger partial charge in [-0.15, -0.1) is 0 Å². The van der Waals surface area contributed by atoms with Crippen LogP contribution in [0.4, 0.5) is 11.4 Å². The van der Waals surface area contributed by atoms with Crippen LogP contribution in [0.25, 0.3) is 10.8 Å². The van der Waals surface area contributed by atoms with Crippen LogP contribution in [0, 0.1) is 0 Å². The molecule has 0 unspecified atom stereocenters. The van der Waals surface area contributed by atoms with Crippen LogP contribution in [0.1, 0.15) is 0 Å². The first-order valence-electron chi connectivity index (χ1n) is 3.92. The molecule has 0 aromatic heterocycles. The van der Waals surface area contributed by atoms with E-state index in [0.29, 0.717) is 5.69 Å². The van der Waals surface area contributed by atoms with Crippen molar-refractivity contribution < 1.29 is 0 Å². The number of rotatable bonds is 0. The standard InChI is InChI=1S/C10H9BrN2/c11-8-4-6-2-1-3-9(12)7(6)5-10(8)13/h1-5H,12-13H2. The third kappa shape index (κ3) is 1.35. The zero-order valence-corrected chi connectivity index (χ0v) is 8.51. The molecule has 0 saturated heterocycles. The van der Waals surface area contributed by atoms with Crippen LogP contribution in [0.15, 0.2) is 34.8 Å². The van der Waals surface area contributed by atoms with Crippen LogP contribution < -0.4 is 11.5 Å². The fraction of sp³-hybridized carbons (Fsp3) is 0. The maximum atomic E-state index is 5.80. The molecule has 13 heavy (non-hydrogen) atoms. The number of hydrogen-bond donors (Lipinski definition) is 2. The average molecular weight is 237 g/mol. The van der Waals surface area contributed by atoms with Gasteiger partial charge in [-0.2, -0.15) is 0 Å². The minimum Gasteiger partial charge on any atom is -0.398 e. The predicted octanol–water partition coefficient (Wildman–Crippen LogP) is 2.77. The van der Waals surface area contributed by atoms with E-state index in [9.17, 15) is 0 Å². The highest BCUT2D eigenvalue weighted by Crippen LogP contribution is 2.29. The third-order valence-corrected chi connectivity index (χ3v) is 2.72. The van der Waals surface area contributed by atoms with Crippen molar-refractivity contribution in [3.63, 3.8) is 0 Å². The maximum Gasteiger partial charge on any atom is 0.0465 e. The Hall–Kier alpha value is -1.22. The van der Waals surface area contributed by atoms with Crippen LogP contribution in [0.3, 0.4) is 0 Å². The minimum absolute atomic E-state index is 0.713. The molecule has 0 aliphatic heterocycles. The van der Waals surface area contributed by atoms with Gasteiger partial charge in [0.1, 0.15) is 0 Å². The lowest BCUT2D eigenvalue weighted by atomic mass is 10.1. The highest BCUT2D eigenvalue weighted by molar-refractivity contribution is 9.10. The molecule has 0 radical (unpaired) electrons. The topological polar surface area (TPSA) is 52.0 Å². The second-order valence-electron chi connectivity index (χ2n) is 2.94. The van der Waals surface area contributed by atoms with E-state index in [1.165, 1.54) is 0 Å². The van der Waals surface area contributed by atoms with Gasteiger partial charge < -0.3 is 11.5 Å². The summed E-state index contributed by atoms with van der Waals surface area (Å²) in [5, 5.41) is 2.10. The highest BCUT2D eigenvalue weighted by Gasteiger charge is 2.01. The maximum absolute atomic E-state index is 5.80. The Morgan fingerprint density at radius 1 is 1.00 bits per heavy atom. The van der Waals surface area contributed by atoms with Crippen molar-refractivity contribution in [1.29, 1.82) is 0 Å². The Kier molecular flexibility index (Phi) is 1.88. The van der Waals surface area contributed by atoms with Crippen LogP contribution >= 0.6 is 15.9 Å². The molecule has 0 saturated carbocycles. The fourth-order valence-corrected chi connectivity index (χ4v) is 1.70. The van der Waals surface area contributed by atoms with E-state index in [-0.39, 0.29) is 0 Å². The first kappa shape index (κ1) is 8.38. The molecule has 0 atom stereocenters. The molecule has 2 nitrogen and oxygen atoms in total. The molecule has 3 heteroatoms. The number of anilines is 2. The van der Waals surface area contributed by atoms with Crippen molar-refractivity contribution in [3.8, 4) is 0 Å². The summed E-state index contributed by atoms with van der Waals surface area (Å²) in [6.07, 6.45) is 0. The fourth-order valence-electron chi connectivity index (χ4n) is 1.34. The van der Waals surface area contributed by atoms with Gasteiger partial charge in [-0.25, -0.2) is 0 Å². The average Bonchev–Trinajstić information content (AvgIpc) is 2.09. The summed E-state index contributed by atoms with van der Waals surface area (Å²) in [6, 6.07) is 9.67. The summed E-state index contributed by atoms with van der Waals surface area (Å²) in [4.78, 5) is 0. The van der Waals surface area contributed by atoms with E-state index in [2.05, 4.69) is 15.9 Å². The van der Waals surface area contributed by atoms with Crippen molar-refractivity contribution in [2.75, 3.05) is 11.5 Å². The van der Waals surface area contributed by atoms with Crippen LogP contribution in [0.2, 0.25) is 0 Å². The lowest BCUT2D eigenvalue weighted by molar-refractivity contribution is 1.67. The second-order valence-corrected chi connectivity index (χ2v) is 3.80. The van der Waals surface area contributed by atoms with Gasteiger partial charge in [0.25, 0.3) is 0 Å². The van der Waals surface area contributed by atoms with Crippen molar-refractivity contribution >= 4 is 38.1 Å². The molecule has 0 aliphatic carbocycles. The largest absolute Gasteiger partial charge is 0.398 e. The molecule has 0 heterocycles. The third-order valence-electron chi connectivity index (χ3n) is 2.03. The zero-order valence-electron chi connectivity index (χ0n) is 6.92. The molecule has 0 fully saturated rings. The van der Waals surface area contributed by atoms with Gasteiger partial charge in [-0.05, 0) is 39.5 Å². The SMILES string of the molecule is Nc1cc2c(N)cccc2cc1Br. The normalized spacial score (nSPS) is 10.5. The Balaban J connectivity index is 2.89. The highest BCUT2D eigenvalue weighted by atomic mass is 79.9. The van der Waals surface area contributed by atoms with Crippen LogP contribution in [0.5, 0.6) is 0 Å². The van der Waals surface area contributed by atoms with Gasteiger partial charge in [0.15, 0.2) is 0 Å². The van der Waals surface area contributed by atoms with E-state index in [4.69, 9.17) is 11.5 Å². The van der Waals surface area contributed by atoms with Gasteiger partial charge >= 0.3 is 0 Å². The summed E-state index contributed by atoms with van der Waals surface area (Å²) in [6.45, 7) is 0. The molecule has 0 spiro atoms. The Morgan fingerprint density at radius 3 is 2.54 bits per heavy atom. The molecule has 0 aliphatic rings. The van der Waals surface area contributed by atoms with E-state index in [1.54, 1.807) is 0 Å². The van der Waals surface area contributed by atoms with Gasteiger partial charge in [0, 0.05) is 21.2 Å². The summed E-state index contributed by atoms with van der Waals surface area (Å²) in [5.74, 6) is 0. The number of benzene rings is 2. The molecule has 2 aromatic rings. The van der Waals surface area contributed by atoms with Crippen LogP contribution in [-0.4, -0.2) is 0 Å². The Labute approximate surface area is 84.7 Å². The smallest absolute Gasteiger partial charge is 0.0465 e. The number of nitrogen functional groups attached to an aromatic ring is 2. The molecule has 2 aromatic carbocycles. The molecular formula is C10H9BrN2. The lowest BCUT2D eigenvalue weighted by Gasteiger charge is -2.04. The quantitative estimate of drug-likeness (QED) is 0.692. The number of fused-ring (bicyclic) bond motifs is 1. The molecule has 4 N–H and O–H groups in total. The van der Waals surface area contributed by atoms with Gasteiger partial charge in [0.05, 0.1) is 0 Å². The lowest BCUT2D eigenvalue weighted by Crippen LogP contribution is -1.90. The van der Waals surface area contributed by atoms with Crippen molar-refractivity contribution in [2.45, 2.75) is 0 Å². The van der Waals surface area contributed by atoms with Gasteiger partial charge in [-0.1, -0.05) is 12.1 Å². The summed E-state index contributed by atoms with van der Waals surface area (Å²) < 4.78 is 0.908. The Bertz CT molecular complexity index is 466. The summed E-state index contributed by atoms with van der Waals surface area (Å²) in [7, 11) is 0. The van der Waals surface area contributed by atoms with E-state index in [1.807, 2.05) is 30.3 Å². The molecule has 0 amide bonds. The molecule has 66 valence electrons. The van der Waals surface area contributed by atoms with E-state index >= 15 is 0 Å². The van der Waals surface area contributed by atoms with Gasteiger partial charge in [-0.3, -0.25) is 0 Å². The monoisotopic (exact) mass is 236 g/mol. The number of hydrogen-bond acceptors (Lipinski definition) is 2. The first-order valence-corrected chi connectivity index (χ1v) is 4.71. The summed E-state index contributed by atoms with van der Waals surface area (Å²) in [5.41, 5.74) is 13.0. The molecular weight excluding hydrogens is 228 g/mol. The van der Waals surface area contributed by atoms with Crippen LogP contribution in [-0.2, 0) is 0 Å². The zero-order chi connectivity index (χ0) is 9.42. The number of halogens is 1. The number of nitrogens with two attached hydrogens (primary N) is 2. The van der Waals surface area contributed by atoms with Crippen molar-refractivity contribution in [3.05, 3.63) is 34.8 Å². The second kappa shape index (κ2) is 2.92. The predicted molar refractivity (Wildman–Crippen MR) is 60.5 cm³/mol. The first-order chi connectivity index (χ1) is 6.18. The summed E-state index contributed by atoms with van der Waals surface area (Å²) >= 11 is 3.38. The van der Waals surface area contributed by atoms with E-state index < -0.39 is 0 Å². The minimum atomic E-state index is 0.713. The van der Waals surface area contributed by atoms with E-state index in [0.717, 1.165) is 20.9 Å². The van der Waals surface area contributed by atoms with Crippen molar-refractivity contribution in [2.24, 2.45) is 0 Å². The molecule has 2 rings (SSSR count). The van der Waals surface area contributed by atoms with Gasteiger partial charge in [0.2, 0.25) is 0 Å². The van der Waals surface area contributed by atoms with Crippen molar-refractivity contribution in [1.82, 2.24) is 0 Å². The molecule has 0 bridgehead atoms. The Morgan fingerprint density at radius 2 is 1.77 bits per heavy atom.